The molecule has 0 radical (unpaired) electrons. The van der Waals surface area contributed by atoms with Crippen LogP contribution < -0.4 is 5.32 Å². The molecular weight excluding hydrogens is 378 g/mol. The van der Waals surface area contributed by atoms with Crippen LogP contribution in [0.1, 0.15) is 16.8 Å². The van der Waals surface area contributed by atoms with E-state index in [-0.39, 0.29) is 34.2 Å². The van der Waals surface area contributed by atoms with Crippen molar-refractivity contribution in [1.29, 1.82) is 0 Å². The fraction of sp³-hybridized carbons (Fsp3) is 0.500. The number of hydrogen-bond acceptors (Lipinski definition) is 6. The summed E-state index contributed by atoms with van der Waals surface area (Å²) >= 11 is 5.98. The highest BCUT2D eigenvalue weighted by molar-refractivity contribution is 7.96. The first-order valence-corrected chi connectivity index (χ1v) is 10.9. The summed E-state index contributed by atoms with van der Waals surface area (Å²) in [5.74, 6) is -1.06. The number of sulfone groups is 2. The zero-order chi connectivity index (χ0) is 18.0. The van der Waals surface area contributed by atoms with E-state index in [1.165, 1.54) is 25.3 Å². The second-order valence-corrected chi connectivity index (χ2v) is 10.3. The Morgan fingerprint density at radius 3 is 2.71 bits per heavy atom. The number of benzene rings is 1. The second kappa shape index (κ2) is 7.38. The van der Waals surface area contributed by atoms with Crippen molar-refractivity contribution in [2.24, 2.45) is 0 Å². The number of carbonyl (C=O) groups is 1. The molecule has 1 amide bonds. The minimum atomic E-state index is -3.85. The number of methoxy groups -OCH3 is 1. The molecule has 0 bridgehead atoms. The summed E-state index contributed by atoms with van der Waals surface area (Å²) < 4.78 is 53.1. The van der Waals surface area contributed by atoms with Gasteiger partial charge in [-0.25, -0.2) is 16.8 Å². The van der Waals surface area contributed by atoms with Gasteiger partial charge in [0.2, 0.25) is 0 Å². The quantitative estimate of drug-likeness (QED) is 0.710. The molecule has 7 nitrogen and oxygen atoms in total. The lowest BCUT2D eigenvalue weighted by Crippen LogP contribution is -2.28. The molecule has 1 aromatic rings. The summed E-state index contributed by atoms with van der Waals surface area (Å²) in [6.45, 7) is 0.560. The first kappa shape index (κ1) is 19.2. The van der Waals surface area contributed by atoms with E-state index in [0.717, 1.165) is 0 Å². The van der Waals surface area contributed by atoms with Crippen molar-refractivity contribution < 1.29 is 26.4 Å². The van der Waals surface area contributed by atoms with E-state index in [1.807, 2.05) is 0 Å². The lowest BCUT2D eigenvalue weighted by Gasteiger charge is -2.12. The van der Waals surface area contributed by atoms with Crippen LogP contribution >= 0.6 is 11.6 Å². The maximum absolute atomic E-state index is 12.6. The first-order valence-electron chi connectivity index (χ1n) is 7.18. The zero-order valence-electron chi connectivity index (χ0n) is 13.0. The average Bonchev–Trinajstić information content (AvgIpc) is 2.88. The standard InChI is InChI=1S/C14H18ClNO6S2/c1-22-6-5-16-14(17)12-8-10(2-3-13(12)15)24(20,21)11-4-7-23(18,19)9-11/h2-3,8,11H,4-7,9H2,1H3,(H,16,17). The zero-order valence-corrected chi connectivity index (χ0v) is 15.4. The van der Waals surface area contributed by atoms with E-state index in [9.17, 15) is 21.6 Å². The van der Waals surface area contributed by atoms with Gasteiger partial charge in [0.1, 0.15) is 0 Å². The van der Waals surface area contributed by atoms with Gasteiger partial charge in [-0.1, -0.05) is 11.6 Å². The molecule has 0 saturated carbocycles. The Balaban J connectivity index is 2.28. The monoisotopic (exact) mass is 395 g/mol. The van der Waals surface area contributed by atoms with E-state index in [4.69, 9.17) is 16.3 Å². The Labute approximate surface area is 146 Å². The van der Waals surface area contributed by atoms with Crippen LogP contribution in [0.3, 0.4) is 0 Å². The van der Waals surface area contributed by atoms with Crippen molar-refractivity contribution in [3.05, 3.63) is 28.8 Å². The predicted molar refractivity (Wildman–Crippen MR) is 89.9 cm³/mol. The van der Waals surface area contributed by atoms with Gasteiger partial charge < -0.3 is 10.1 Å². The van der Waals surface area contributed by atoms with Gasteiger partial charge in [0.15, 0.2) is 19.7 Å². The number of halogens is 1. The largest absolute Gasteiger partial charge is 0.383 e. The maximum Gasteiger partial charge on any atom is 0.252 e. The number of rotatable bonds is 6. The molecule has 1 fully saturated rings. The van der Waals surface area contributed by atoms with Gasteiger partial charge in [-0.2, -0.15) is 0 Å². The molecule has 0 spiro atoms. The van der Waals surface area contributed by atoms with Crippen LogP contribution in [0.25, 0.3) is 0 Å². The van der Waals surface area contributed by atoms with Crippen molar-refractivity contribution in [1.82, 2.24) is 5.32 Å². The van der Waals surface area contributed by atoms with Gasteiger partial charge in [-0.3, -0.25) is 4.79 Å². The van der Waals surface area contributed by atoms with E-state index < -0.39 is 36.6 Å². The SMILES string of the molecule is COCCNC(=O)c1cc(S(=O)(=O)C2CCS(=O)(=O)C2)ccc1Cl. The molecule has 1 N–H and O–H groups in total. The number of ether oxygens (including phenoxy) is 1. The van der Waals surface area contributed by atoms with Gasteiger partial charge >= 0.3 is 0 Å². The molecule has 0 aliphatic carbocycles. The lowest BCUT2D eigenvalue weighted by molar-refractivity contribution is 0.0937. The van der Waals surface area contributed by atoms with Crippen LogP contribution in [0.15, 0.2) is 23.1 Å². The number of amides is 1. The smallest absolute Gasteiger partial charge is 0.252 e. The average molecular weight is 396 g/mol. The minimum absolute atomic E-state index is 0.0229. The normalized spacial score (nSPS) is 20.0. The molecule has 2 rings (SSSR count). The molecule has 0 aromatic heterocycles. The molecule has 1 aliphatic heterocycles. The van der Waals surface area contributed by atoms with Crippen LogP contribution in [-0.2, 0) is 24.4 Å². The van der Waals surface area contributed by atoms with Gasteiger partial charge in [0.05, 0.1) is 38.8 Å². The van der Waals surface area contributed by atoms with E-state index in [0.29, 0.717) is 6.61 Å². The van der Waals surface area contributed by atoms with Crippen molar-refractivity contribution in [2.75, 3.05) is 31.8 Å². The molecule has 1 aliphatic rings. The summed E-state index contributed by atoms with van der Waals surface area (Å²) in [4.78, 5) is 12.0. The third-order valence-electron chi connectivity index (χ3n) is 3.73. The lowest BCUT2D eigenvalue weighted by atomic mass is 10.2. The Hall–Kier alpha value is -1.16. The highest BCUT2D eigenvalue weighted by Crippen LogP contribution is 2.28. The molecule has 10 heteroatoms. The summed E-state index contributed by atoms with van der Waals surface area (Å²) in [7, 11) is -5.70. The Kier molecular flexibility index (Phi) is 5.90. The van der Waals surface area contributed by atoms with Crippen molar-refractivity contribution in [3.63, 3.8) is 0 Å². The third-order valence-corrected chi connectivity index (χ3v) is 8.23. The van der Waals surface area contributed by atoms with E-state index in [1.54, 1.807) is 0 Å². The Morgan fingerprint density at radius 1 is 1.42 bits per heavy atom. The van der Waals surface area contributed by atoms with Gasteiger partial charge in [0.25, 0.3) is 5.91 Å². The topological polar surface area (TPSA) is 107 Å². The molecule has 1 heterocycles. The van der Waals surface area contributed by atoms with Crippen molar-refractivity contribution in [2.45, 2.75) is 16.6 Å². The summed E-state index contributed by atoms with van der Waals surface area (Å²) in [5.41, 5.74) is 0.0229. The van der Waals surface area contributed by atoms with Crippen LogP contribution in [0.2, 0.25) is 5.02 Å². The number of nitrogens with one attached hydrogen (secondary N) is 1. The Morgan fingerprint density at radius 2 is 2.12 bits per heavy atom. The van der Waals surface area contributed by atoms with Crippen molar-refractivity contribution in [3.8, 4) is 0 Å². The van der Waals surface area contributed by atoms with E-state index >= 15 is 0 Å². The molecule has 1 saturated heterocycles. The first-order chi connectivity index (χ1) is 11.2. The second-order valence-electron chi connectivity index (χ2n) is 5.46. The predicted octanol–water partition coefficient (Wildman–Crippen LogP) is 0.677. The third kappa shape index (κ3) is 4.27. The van der Waals surface area contributed by atoms with Gasteiger partial charge in [0, 0.05) is 13.7 Å². The van der Waals surface area contributed by atoms with Crippen molar-refractivity contribution >= 4 is 37.2 Å². The van der Waals surface area contributed by atoms with E-state index in [2.05, 4.69) is 5.32 Å². The molecule has 1 aromatic carbocycles. The van der Waals surface area contributed by atoms with Gasteiger partial charge in [-0.05, 0) is 24.6 Å². The Bertz CT molecular complexity index is 835. The van der Waals surface area contributed by atoms with Crippen LogP contribution in [0, 0.1) is 0 Å². The number of carbonyl (C=O) groups excluding carboxylic acids is 1. The van der Waals surface area contributed by atoms with Crippen LogP contribution in [0.4, 0.5) is 0 Å². The van der Waals surface area contributed by atoms with Gasteiger partial charge in [-0.15, -0.1) is 0 Å². The fourth-order valence-electron chi connectivity index (χ4n) is 2.42. The highest BCUT2D eigenvalue weighted by atomic mass is 35.5. The number of hydrogen-bond donors (Lipinski definition) is 1. The summed E-state index contributed by atoms with van der Waals surface area (Å²) in [6, 6.07) is 3.79. The molecule has 1 unspecified atom stereocenters. The maximum atomic E-state index is 12.6. The fourth-order valence-corrected chi connectivity index (χ4v) is 7.00. The summed E-state index contributed by atoms with van der Waals surface area (Å²) in [5, 5.41) is 1.68. The van der Waals surface area contributed by atoms with Crippen LogP contribution in [-0.4, -0.2) is 59.8 Å². The van der Waals surface area contributed by atoms with Crippen LogP contribution in [0.5, 0.6) is 0 Å². The molecule has 24 heavy (non-hydrogen) atoms. The minimum Gasteiger partial charge on any atom is -0.383 e. The molecule has 134 valence electrons. The highest BCUT2D eigenvalue weighted by Gasteiger charge is 2.38. The molecular formula is C14H18ClNO6S2. The summed E-state index contributed by atoms with van der Waals surface area (Å²) in [6.07, 6.45) is 0.0582. The molecule has 1 atom stereocenters.